The third-order valence-electron chi connectivity index (χ3n) is 3.22. The fourth-order valence-electron chi connectivity index (χ4n) is 2.24. The first kappa shape index (κ1) is 15.4. The standard InChI is InChI=1S/C15H21IN4/c1-11(2)9-20-15(18-10-19-20)8-14(17-3)12-5-4-6-13(16)7-12/h4-7,10-11,14,17H,8-9H2,1-3H3. The summed E-state index contributed by atoms with van der Waals surface area (Å²) in [5.41, 5.74) is 1.29. The Bertz CT molecular complexity index is 550. The van der Waals surface area contributed by atoms with Gasteiger partial charge in [0, 0.05) is 22.6 Å². The molecule has 20 heavy (non-hydrogen) atoms. The number of nitrogens with one attached hydrogen (secondary N) is 1. The molecule has 0 amide bonds. The molecular weight excluding hydrogens is 363 g/mol. The average molecular weight is 384 g/mol. The molecule has 0 spiro atoms. The number of likely N-dealkylation sites (N-methyl/N-ethyl adjacent to an activating group) is 1. The fraction of sp³-hybridized carbons (Fsp3) is 0.467. The van der Waals surface area contributed by atoms with Gasteiger partial charge in [-0.2, -0.15) is 5.10 Å². The van der Waals surface area contributed by atoms with E-state index in [-0.39, 0.29) is 6.04 Å². The van der Waals surface area contributed by atoms with Crippen LogP contribution in [0.3, 0.4) is 0 Å². The van der Waals surface area contributed by atoms with Crippen LogP contribution in [-0.4, -0.2) is 21.8 Å². The second-order valence-corrected chi connectivity index (χ2v) is 6.60. The smallest absolute Gasteiger partial charge is 0.138 e. The molecule has 1 N–H and O–H groups in total. The Labute approximate surface area is 134 Å². The summed E-state index contributed by atoms with van der Waals surface area (Å²) in [7, 11) is 1.99. The Balaban J connectivity index is 2.16. The Morgan fingerprint density at radius 1 is 1.35 bits per heavy atom. The number of nitrogens with zero attached hydrogens (tertiary/aromatic N) is 3. The van der Waals surface area contributed by atoms with E-state index in [9.17, 15) is 0 Å². The topological polar surface area (TPSA) is 42.7 Å². The molecule has 1 aromatic heterocycles. The zero-order valence-electron chi connectivity index (χ0n) is 12.2. The van der Waals surface area contributed by atoms with Crippen molar-refractivity contribution in [3.63, 3.8) is 0 Å². The van der Waals surface area contributed by atoms with Crippen LogP contribution in [0.1, 0.15) is 31.3 Å². The van der Waals surface area contributed by atoms with Crippen molar-refractivity contribution in [2.75, 3.05) is 7.05 Å². The summed E-state index contributed by atoms with van der Waals surface area (Å²) in [5.74, 6) is 1.61. The molecule has 1 unspecified atom stereocenters. The summed E-state index contributed by atoms with van der Waals surface area (Å²) in [5, 5.41) is 7.71. The molecular formula is C15H21IN4. The summed E-state index contributed by atoms with van der Waals surface area (Å²) >= 11 is 2.35. The quantitative estimate of drug-likeness (QED) is 0.779. The first-order valence-corrected chi connectivity index (χ1v) is 7.97. The minimum Gasteiger partial charge on any atom is -0.313 e. The van der Waals surface area contributed by atoms with Gasteiger partial charge < -0.3 is 5.32 Å². The van der Waals surface area contributed by atoms with Gasteiger partial charge in [0.1, 0.15) is 12.2 Å². The van der Waals surface area contributed by atoms with Gasteiger partial charge in [-0.1, -0.05) is 26.0 Å². The van der Waals surface area contributed by atoms with Crippen LogP contribution in [0.5, 0.6) is 0 Å². The van der Waals surface area contributed by atoms with Crippen molar-refractivity contribution in [2.24, 2.45) is 5.92 Å². The lowest BCUT2D eigenvalue weighted by atomic mass is 10.0. The van der Waals surface area contributed by atoms with Gasteiger partial charge in [-0.3, -0.25) is 0 Å². The number of halogens is 1. The minimum absolute atomic E-state index is 0.264. The van der Waals surface area contributed by atoms with Crippen LogP contribution in [0.2, 0.25) is 0 Å². The average Bonchev–Trinajstić information content (AvgIpc) is 2.82. The molecule has 0 radical (unpaired) electrons. The van der Waals surface area contributed by atoms with Gasteiger partial charge in [0.25, 0.3) is 0 Å². The van der Waals surface area contributed by atoms with Gasteiger partial charge in [0.2, 0.25) is 0 Å². The molecule has 4 nitrogen and oxygen atoms in total. The van der Waals surface area contributed by atoms with Crippen molar-refractivity contribution >= 4 is 22.6 Å². The van der Waals surface area contributed by atoms with Crippen LogP contribution in [0.25, 0.3) is 0 Å². The fourth-order valence-corrected chi connectivity index (χ4v) is 2.80. The minimum atomic E-state index is 0.264. The molecule has 0 saturated carbocycles. The monoisotopic (exact) mass is 384 g/mol. The third kappa shape index (κ3) is 4.02. The Morgan fingerprint density at radius 3 is 2.80 bits per heavy atom. The van der Waals surface area contributed by atoms with Crippen LogP contribution in [-0.2, 0) is 13.0 Å². The van der Waals surface area contributed by atoms with E-state index in [1.54, 1.807) is 6.33 Å². The second-order valence-electron chi connectivity index (χ2n) is 5.35. The molecule has 0 aliphatic heterocycles. The molecule has 1 aromatic carbocycles. The Morgan fingerprint density at radius 2 is 2.15 bits per heavy atom. The van der Waals surface area contributed by atoms with Gasteiger partial charge in [0.05, 0.1) is 0 Å². The van der Waals surface area contributed by atoms with Crippen LogP contribution in [0.15, 0.2) is 30.6 Å². The van der Waals surface area contributed by atoms with E-state index in [0.717, 1.165) is 18.8 Å². The van der Waals surface area contributed by atoms with Crippen molar-refractivity contribution in [3.8, 4) is 0 Å². The van der Waals surface area contributed by atoms with E-state index in [0.29, 0.717) is 5.92 Å². The van der Waals surface area contributed by atoms with Crippen LogP contribution >= 0.6 is 22.6 Å². The number of hydrogen-bond donors (Lipinski definition) is 1. The number of aromatic nitrogens is 3. The van der Waals surface area contributed by atoms with Crippen molar-refractivity contribution in [1.29, 1.82) is 0 Å². The SMILES string of the molecule is CNC(Cc1ncnn1CC(C)C)c1cccc(I)c1. The number of hydrogen-bond acceptors (Lipinski definition) is 3. The lowest BCUT2D eigenvalue weighted by Gasteiger charge is -2.17. The summed E-state index contributed by atoms with van der Waals surface area (Å²) in [6.45, 7) is 5.30. The second kappa shape index (κ2) is 7.17. The lowest BCUT2D eigenvalue weighted by molar-refractivity contribution is 0.451. The highest BCUT2D eigenvalue weighted by molar-refractivity contribution is 14.1. The van der Waals surface area contributed by atoms with Crippen molar-refractivity contribution in [1.82, 2.24) is 20.1 Å². The predicted molar refractivity (Wildman–Crippen MR) is 89.5 cm³/mol. The molecule has 2 rings (SSSR count). The van der Waals surface area contributed by atoms with Crippen molar-refractivity contribution < 1.29 is 0 Å². The van der Waals surface area contributed by atoms with Crippen LogP contribution < -0.4 is 5.32 Å². The zero-order chi connectivity index (χ0) is 14.5. The zero-order valence-corrected chi connectivity index (χ0v) is 14.3. The lowest BCUT2D eigenvalue weighted by Crippen LogP contribution is -2.22. The molecule has 2 aromatic rings. The van der Waals surface area contributed by atoms with Crippen LogP contribution in [0.4, 0.5) is 0 Å². The van der Waals surface area contributed by atoms with Crippen LogP contribution in [0, 0.1) is 9.49 Å². The van der Waals surface area contributed by atoms with E-state index in [1.165, 1.54) is 9.13 Å². The first-order valence-electron chi connectivity index (χ1n) is 6.89. The van der Waals surface area contributed by atoms with Gasteiger partial charge in [-0.05, 0) is 53.3 Å². The largest absolute Gasteiger partial charge is 0.313 e. The van der Waals surface area contributed by atoms with E-state index >= 15 is 0 Å². The van der Waals surface area contributed by atoms with E-state index in [2.05, 4.69) is 76.1 Å². The van der Waals surface area contributed by atoms with Crippen molar-refractivity contribution in [2.45, 2.75) is 32.9 Å². The normalized spacial score (nSPS) is 12.8. The molecule has 0 saturated heterocycles. The third-order valence-corrected chi connectivity index (χ3v) is 3.89. The molecule has 1 heterocycles. The van der Waals surface area contributed by atoms with Crippen molar-refractivity contribution in [3.05, 3.63) is 45.6 Å². The van der Waals surface area contributed by atoms with E-state index < -0.39 is 0 Å². The van der Waals surface area contributed by atoms with Gasteiger partial charge >= 0.3 is 0 Å². The molecule has 0 aliphatic carbocycles. The van der Waals surface area contributed by atoms with Gasteiger partial charge in [-0.15, -0.1) is 0 Å². The van der Waals surface area contributed by atoms with Gasteiger partial charge in [-0.25, -0.2) is 9.67 Å². The van der Waals surface area contributed by atoms with E-state index in [4.69, 9.17) is 0 Å². The highest BCUT2D eigenvalue weighted by atomic mass is 127. The molecule has 0 aliphatic rings. The number of benzene rings is 1. The molecule has 108 valence electrons. The number of rotatable bonds is 6. The molecule has 1 atom stereocenters. The summed E-state index contributed by atoms with van der Waals surface area (Å²) in [6.07, 6.45) is 2.50. The highest BCUT2D eigenvalue weighted by Gasteiger charge is 2.15. The Kier molecular flexibility index (Phi) is 5.54. The maximum Gasteiger partial charge on any atom is 0.138 e. The maximum absolute atomic E-state index is 4.41. The summed E-state index contributed by atoms with van der Waals surface area (Å²) in [4.78, 5) is 4.41. The van der Waals surface area contributed by atoms with E-state index in [1.807, 2.05) is 11.7 Å². The highest BCUT2D eigenvalue weighted by Crippen LogP contribution is 2.19. The molecule has 5 heteroatoms. The predicted octanol–water partition coefficient (Wildman–Crippen LogP) is 3.04. The molecule has 0 fully saturated rings. The van der Waals surface area contributed by atoms with Gasteiger partial charge in [0.15, 0.2) is 0 Å². The molecule has 0 bridgehead atoms. The first-order chi connectivity index (χ1) is 9.60. The summed E-state index contributed by atoms with van der Waals surface area (Å²) < 4.78 is 3.27. The maximum atomic E-state index is 4.41. The summed E-state index contributed by atoms with van der Waals surface area (Å²) in [6, 6.07) is 8.84. The Hall–Kier alpha value is -0.950.